The van der Waals surface area contributed by atoms with Crippen LogP contribution in [0.1, 0.15) is 5.56 Å². The van der Waals surface area contributed by atoms with E-state index in [-0.39, 0.29) is 17.3 Å². The first-order valence-corrected chi connectivity index (χ1v) is 6.02. The highest BCUT2D eigenvalue weighted by atomic mass is 35.5. The van der Waals surface area contributed by atoms with E-state index >= 15 is 0 Å². The number of ether oxygens (including phenoxy) is 1. The van der Waals surface area contributed by atoms with Crippen molar-refractivity contribution in [2.45, 2.75) is 6.92 Å². The number of hydrogen-bond acceptors (Lipinski definition) is 6. The van der Waals surface area contributed by atoms with E-state index in [1.165, 1.54) is 24.5 Å². The predicted molar refractivity (Wildman–Crippen MR) is 74.5 cm³/mol. The lowest BCUT2D eigenvalue weighted by Crippen LogP contribution is -2.01. The molecule has 0 amide bonds. The van der Waals surface area contributed by atoms with Crippen LogP contribution in [0.5, 0.6) is 11.6 Å². The molecular formula is C12H11ClN4O3. The van der Waals surface area contributed by atoms with Gasteiger partial charge in [-0.1, -0.05) is 11.6 Å². The number of benzene rings is 1. The first-order valence-electron chi connectivity index (χ1n) is 5.64. The van der Waals surface area contributed by atoms with Gasteiger partial charge in [-0.15, -0.1) is 0 Å². The number of aromatic nitrogens is 2. The Morgan fingerprint density at radius 1 is 1.40 bits per heavy atom. The molecule has 20 heavy (non-hydrogen) atoms. The smallest absolute Gasteiger partial charge is 0.311 e. The van der Waals surface area contributed by atoms with Crippen LogP contribution in [0.15, 0.2) is 24.5 Å². The van der Waals surface area contributed by atoms with Gasteiger partial charge in [0.05, 0.1) is 10.5 Å². The Balaban J connectivity index is 2.44. The number of nitrogens with zero attached hydrogens (tertiary/aromatic N) is 3. The van der Waals surface area contributed by atoms with Gasteiger partial charge in [0.25, 0.3) is 0 Å². The van der Waals surface area contributed by atoms with Gasteiger partial charge in [-0.3, -0.25) is 10.1 Å². The number of nitro groups is 1. The van der Waals surface area contributed by atoms with Crippen LogP contribution in [0, 0.1) is 17.0 Å². The average molecular weight is 295 g/mol. The Labute approximate surface area is 119 Å². The maximum atomic E-state index is 11.0. The van der Waals surface area contributed by atoms with Gasteiger partial charge in [0, 0.05) is 24.2 Å². The molecule has 7 nitrogen and oxygen atoms in total. The Morgan fingerprint density at radius 3 is 2.80 bits per heavy atom. The fourth-order valence-corrected chi connectivity index (χ4v) is 1.78. The molecule has 1 heterocycles. The number of nitro benzene ring substituents is 1. The van der Waals surface area contributed by atoms with Crippen molar-refractivity contribution in [2.75, 3.05) is 12.4 Å². The first-order chi connectivity index (χ1) is 9.52. The van der Waals surface area contributed by atoms with E-state index in [2.05, 4.69) is 15.3 Å². The molecule has 0 aliphatic heterocycles. The number of hydrogen-bond donors (Lipinski definition) is 1. The van der Waals surface area contributed by atoms with Crippen molar-refractivity contribution < 1.29 is 9.66 Å². The zero-order valence-corrected chi connectivity index (χ0v) is 11.5. The van der Waals surface area contributed by atoms with E-state index in [9.17, 15) is 10.1 Å². The van der Waals surface area contributed by atoms with Gasteiger partial charge in [0.15, 0.2) is 0 Å². The third-order valence-electron chi connectivity index (χ3n) is 2.60. The zero-order chi connectivity index (χ0) is 14.7. The van der Waals surface area contributed by atoms with E-state index in [1.807, 2.05) is 0 Å². The van der Waals surface area contributed by atoms with Gasteiger partial charge in [-0.25, -0.2) is 9.97 Å². The minimum atomic E-state index is -0.541. The average Bonchev–Trinajstić information content (AvgIpc) is 2.41. The molecule has 0 unspecified atom stereocenters. The minimum Gasteiger partial charge on any atom is -0.431 e. The molecule has 0 atom stereocenters. The Hall–Kier alpha value is -2.41. The van der Waals surface area contributed by atoms with E-state index in [0.717, 1.165) is 0 Å². The summed E-state index contributed by atoms with van der Waals surface area (Å²) < 4.78 is 5.51. The molecule has 8 heteroatoms. The zero-order valence-electron chi connectivity index (χ0n) is 10.8. The number of anilines is 1. The highest BCUT2D eigenvalue weighted by Crippen LogP contribution is 2.34. The first kappa shape index (κ1) is 14.0. The van der Waals surface area contributed by atoms with Gasteiger partial charge in [-0.05, 0) is 13.0 Å². The topological polar surface area (TPSA) is 90.2 Å². The summed E-state index contributed by atoms with van der Waals surface area (Å²) in [7, 11) is 1.71. The molecule has 1 aromatic carbocycles. The van der Waals surface area contributed by atoms with Crippen LogP contribution in [0.2, 0.25) is 5.02 Å². The van der Waals surface area contributed by atoms with Crippen LogP contribution < -0.4 is 10.1 Å². The molecule has 0 spiro atoms. The van der Waals surface area contributed by atoms with Crippen LogP contribution in [0.25, 0.3) is 0 Å². The Morgan fingerprint density at radius 2 is 2.15 bits per heavy atom. The summed E-state index contributed by atoms with van der Waals surface area (Å²) in [6.45, 7) is 1.75. The Kier molecular flexibility index (Phi) is 3.99. The van der Waals surface area contributed by atoms with Crippen molar-refractivity contribution in [3.05, 3.63) is 45.2 Å². The molecule has 104 valence electrons. The summed E-state index contributed by atoms with van der Waals surface area (Å²) in [5.41, 5.74) is 0.461. The summed E-state index contributed by atoms with van der Waals surface area (Å²) in [5, 5.41) is 14.2. The second-order valence-corrected chi connectivity index (χ2v) is 4.31. The molecule has 0 aliphatic rings. The second kappa shape index (κ2) is 5.70. The number of rotatable bonds is 4. The summed E-state index contributed by atoms with van der Waals surface area (Å²) in [6.07, 6.45) is 1.31. The SMILES string of the molecule is CNc1ncnc(Oc2cc(Cl)ccc2[N+](=O)[O-])c1C. The lowest BCUT2D eigenvalue weighted by atomic mass is 10.3. The maximum Gasteiger partial charge on any atom is 0.311 e. The van der Waals surface area contributed by atoms with E-state index in [1.54, 1.807) is 14.0 Å². The fraction of sp³-hybridized carbons (Fsp3) is 0.167. The molecule has 0 saturated heterocycles. The van der Waals surface area contributed by atoms with Gasteiger partial charge >= 0.3 is 5.69 Å². The molecular weight excluding hydrogens is 284 g/mol. The normalized spacial score (nSPS) is 10.2. The third-order valence-corrected chi connectivity index (χ3v) is 2.83. The van der Waals surface area contributed by atoms with Gasteiger partial charge < -0.3 is 10.1 Å². The largest absolute Gasteiger partial charge is 0.431 e. The predicted octanol–water partition coefficient (Wildman–Crippen LogP) is 3.18. The standard InChI is InChI=1S/C12H11ClN4O3/c1-7-11(14-2)15-6-16-12(7)20-10-5-8(13)3-4-9(10)17(18)19/h3-6H,1-2H3,(H,14,15,16). The molecule has 1 aromatic heterocycles. The lowest BCUT2D eigenvalue weighted by molar-refractivity contribution is -0.385. The van der Waals surface area contributed by atoms with Crippen LogP contribution >= 0.6 is 11.6 Å². The van der Waals surface area contributed by atoms with Crippen molar-refractivity contribution in [1.82, 2.24) is 9.97 Å². The molecule has 0 aliphatic carbocycles. The van der Waals surface area contributed by atoms with Crippen LogP contribution in [0.3, 0.4) is 0 Å². The monoisotopic (exact) mass is 294 g/mol. The van der Waals surface area contributed by atoms with Crippen molar-refractivity contribution >= 4 is 23.1 Å². The van der Waals surface area contributed by atoms with E-state index < -0.39 is 4.92 Å². The summed E-state index contributed by atoms with van der Waals surface area (Å²) in [5.74, 6) is 0.848. The molecule has 0 radical (unpaired) electrons. The molecule has 0 fully saturated rings. The second-order valence-electron chi connectivity index (χ2n) is 3.87. The molecule has 1 N–H and O–H groups in total. The minimum absolute atomic E-state index is 0.0337. The fourth-order valence-electron chi connectivity index (χ4n) is 1.61. The molecule has 0 saturated carbocycles. The summed E-state index contributed by atoms with van der Waals surface area (Å²) in [4.78, 5) is 18.4. The lowest BCUT2D eigenvalue weighted by Gasteiger charge is -2.10. The molecule has 2 rings (SSSR count). The highest BCUT2D eigenvalue weighted by Gasteiger charge is 2.18. The highest BCUT2D eigenvalue weighted by molar-refractivity contribution is 6.30. The molecule has 0 bridgehead atoms. The summed E-state index contributed by atoms with van der Waals surface area (Å²) in [6, 6.07) is 4.09. The maximum absolute atomic E-state index is 11.0. The van der Waals surface area contributed by atoms with Crippen LogP contribution in [-0.4, -0.2) is 21.9 Å². The van der Waals surface area contributed by atoms with Gasteiger partial charge in [0.1, 0.15) is 12.1 Å². The van der Waals surface area contributed by atoms with E-state index in [0.29, 0.717) is 16.4 Å². The summed E-state index contributed by atoms with van der Waals surface area (Å²) >= 11 is 5.84. The van der Waals surface area contributed by atoms with Crippen molar-refractivity contribution in [3.63, 3.8) is 0 Å². The Bertz CT molecular complexity index is 663. The quantitative estimate of drug-likeness (QED) is 0.688. The third kappa shape index (κ3) is 2.77. The van der Waals surface area contributed by atoms with E-state index in [4.69, 9.17) is 16.3 Å². The van der Waals surface area contributed by atoms with Crippen LogP contribution in [-0.2, 0) is 0 Å². The number of halogens is 1. The van der Waals surface area contributed by atoms with Crippen molar-refractivity contribution in [1.29, 1.82) is 0 Å². The van der Waals surface area contributed by atoms with Gasteiger partial charge in [0.2, 0.25) is 11.6 Å². The van der Waals surface area contributed by atoms with Crippen molar-refractivity contribution in [3.8, 4) is 11.6 Å². The van der Waals surface area contributed by atoms with Crippen molar-refractivity contribution in [2.24, 2.45) is 0 Å². The number of nitrogens with one attached hydrogen (secondary N) is 1. The van der Waals surface area contributed by atoms with Gasteiger partial charge in [-0.2, -0.15) is 0 Å². The molecule has 2 aromatic rings. The van der Waals surface area contributed by atoms with Crippen LogP contribution in [0.4, 0.5) is 11.5 Å².